The Morgan fingerprint density at radius 3 is 2.10 bits per heavy atom. The molecule has 0 fully saturated rings. The summed E-state index contributed by atoms with van der Waals surface area (Å²) < 4.78 is 27.9. The molecule has 3 aromatic carbocycles. The van der Waals surface area contributed by atoms with E-state index in [2.05, 4.69) is 5.32 Å². The molecular formula is C23H24N2O3S. The second-order valence-corrected chi connectivity index (χ2v) is 8.43. The Morgan fingerprint density at radius 2 is 1.45 bits per heavy atom. The Hall–Kier alpha value is -3.12. The van der Waals surface area contributed by atoms with Crippen LogP contribution in [-0.4, -0.2) is 20.9 Å². The van der Waals surface area contributed by atoms with E-state index < -0.39 is 10.0 Å². The molecule has 1 N–H and O–H groups in total. The molecule has 0 spiro atoms. The van der Waals surface area contributed by atoms with Crippen LogP contribution in [0.4, 0.5) is 5.69 Å². The van der Waals surface area contributed by atoms with Crippen molar-refractivity contribution >= 4 is 21.6 Å². The Balaban J connectivity index is 1.90. The van der Waals surface area contributed by atoms with Gasteiger partial charge in [-0.1, -0.05) is 73.7 Å². The average molecular weight is 409 g/mol. The minimum Gasteiger partial charge on any atom is -0.350 e. The number of rotatable bonds is 8. The molecule has 0 unspecified atom stereocenters. The van der Waals surface area contributed by atoms with Crippen molar-refractivity contribution in [3.63, 3.8) is 0 Å². The molecule has 6 heteroatoms. The predicted molar refractivity (Wildman–Crippen MR) is 115 cm³/mol. The number of hydrogen-bond acceptors (Lipinski definition) is 3. The van der Waals surface area contributed by atoms with Crippen LogP contribution < -0.4 is 9.62 Å². The fourth-order valence-corrected chi connectivity index (χ4v) is 4.54. The Kier molecular flexibility index (Phi) is 6.67. The highest BCUT2D eigenvalue weighted by atomic mass is 32.2. The van der Waals surface area contributed by atoms with Gasteiger partial charge in [0.05, 0.1) is 10.6 Å². The summed E-state index contributed by atoms with van der Waals surface area (Å²) in [6.07, 6.45) is 0.655. The van der Waals surface area contributed by atoms with Crippen molar-refractivity contribution in [2.75, 3.05) is 10.8 Å². The third-order valence-electron chi connectivity index (χ3n) is 4.59. The van der Waals surface area contributed by atoms with E-state index in [1.807, 2.05) is 49.4 Å². The van der Waals surface area contributed by atoms with Crippen molar-refractivity contribution < 1.29 is 13.2 Å². The molecule has 0 saturated heterocycles. The second kappa shape index (κ2) is 9.39. The van der Waals surface area contributed by atoms with E-state index in [1.54, 1.807) is 42.5 Å². The molecule has 0 radical (unpaired) electrons. The molecule has 0 aliphatic carbocycles. The van der Waals surface area contributed by atoms with Crippen LogP contribution in [-0.2, 0) is 27.8 Å². The summed E-state index contributed by atoms with van der Waals surface area (Å²) in [6.45, 7) is 2.01. The van der Waals surface area contributed by atoms with Crippen LogP contribution >= 0.6 is 0 Å². The summed E-state index contributed by atoms with van der Waals surface area (Å²) in [5.41, 5.74) is 2.34. The van der Waals surface area contributed by atoms with E-state index in [-0.39, 0.29) is 17.3 Å². The lowest BCUT2D eigenvalue weighted by atomic mass is 10.1. The molecule has 1 amide bonds. The summed E-state index contributed by atoms with van der Waals surface area (Å²) in [5, 5.41) is 2.82. The summed E-state index contributed by atoms with van der Waals surface area (Å²) in [5.74, 6) is -0.362. The van der Waals surface area contributed by atoms with E-state index in [0.29, 0.717) is 18.7 Å². The van der Waals surface area contributed by atoms with Crippen LogP contribution in [0.5, 0.6) is 0 Å². The largest absolute Gasteiger partial charge is 0.350 e. The van der Waals surface area contributed by atoms with Gasteiger partial charge in [-0.25, -0.2) is 8.42 Å². The summed E-state index contributed by atoms with van der Waals surface area (Å²) >= 11 is 0. The minimum absolute atomic E-state index is 0.154. The number of carbonyl (C=O) groups is 1. The lowest BCUT2D eigenvalue weighted by Crippen LogP contribution is -2.41. The first-order valence-electron chi connectivity index (χ1n) is 9.48. The summed E-state index contributed by atoms with van der Waals surface area (Å²) in [7, 11) is -3.89. The van der Waals surface area contributed by atoms with Gasteiger partial charge in [-0.2, -0.15) is 0 Å². The number of nitrogens with zero attached hydrogens (tertiary/aromatic N) is 1. The predicted octanol–water partition coefficient (Wildman–Crippen LogP) is 3.76. The van der Waals surface area contributed by atoms with Crippen LogP contribution in [0.3, 0.4) is 0 Å². The van der Waals surface area contributed by atoms with Crippen molar-refractivity contribution in [1.29, 1.82) is 0 Å². The van der Waals surface area contributed by atoms with Crippen LogP contribution in [0, 0.1) is 0 Å². The number of para-hydroxylation sites is 1. The fourth-order valence-electron chi connectivity index (χ4n) is 3.06. The van der Waals surface area contributed by atoms with Crippen molar-refractivity contribution in [1.82, 2.24) is 5.32 Å². The SMILES string of the molecule is CCc1ccccc1N(CC(=O)NCc1ccccc1)S(=O)(=O)c1ccccc1. The van der Waals surface area contributed by atoms with E-state index >= 15 is 0 Å². The van der Waals surface area contributed by atoms with E-state index in [1.165, 1.54) is 4.31 Å². The Labute approximate surface area is 172 Å². The van der Waals surface area contributed by atoms with Gasteiger partial charge < -0.3 is 5.32 Å². The first kappa shape index (κ1) is 20.6. The van der Waals surface area contributed by atoms with Crippen LogP contribution in [0.15, 0.2) is 89.8 Å². The topological polar surface area (TPSA) is 66.5 Å². The number of nitrogens with one attached hydrogen (secondary N) is 1. The molecule has 0 atom stereocenters. The van der Waals surface area contributed by atoms with Gasteiger partial charge in [0.15, 0.2) is 0 Å². The summed E-state index contributed by atoms with van der Waals surface area (Å²) in [6, 6.07) is 25.0. The van der Waals surface area contributed by atoms with Gasteiger partial charge in [0.25, 0.3) is 10.0 Å². The highest BCUT2D eigenvalue weighted by Gasteiger charge is 2.28. The van der Waals surface area contributed by atoms with Crippen molar-refractivity contribution in [3.8, 4) is 0 Å². The number of benzene rings is 3. The highest BCUT2D eigenvalue weighted by molar-refractivity contribution is 7.92. The molecule has 150 valence electrons. The number of anilines is 1. The van der Waals surface area contributed by atoms with Crippen molar-refractivity contribution in [3.05, 3.63) is 96.1 Å². The van der Waals surface area contributed by atoms with Crippen LogP contribution in [0.25, 0.3) is 0 Å². The van der Waals surface area contributed by atoms with Crippen LogP contribution in [0.1, 0.15) is 18.1 Å². The molecule has 3 rings (SSSR count). The van der Waals surface area contributed by atoms with Gasteiger partial charge in [-0.3, -0.25) is 9.10 Å². The zero-order chi connectivity index (χ0) is 20.7. The molecule has 0 heterocycles. The van der Waals surface area contributed by atoms with Gasteiger partial charge >= 0.3 is 0 Å². The number of amides is 1. The van der Waals surface area contributed by atoms with Crippen molar-refractivity contribution in [2.45, 2.75) is 24.8 Å². The lowest BCUT2D eigenvalue weighted by molar-refractivity contribution is -0.119. The van der Waals surface area contributed by atoms with Gasteiger partial charge in [0, 0.05) is 6.54 Å². The maximum Gasteiger partial charge on any atom is 0.264 e. The lowest BCUT2D eigenvalue weighted by Gasteiger charge is -2.26. The van der Waals surface area contributed by atoms with Crippen molar-refractivity contribution in [2.24, 2.45) is 0 Å². The zero-order valence-electron chi connectivity index (χ0n) is 16.3. The minimum atomic E-state index is -3.89. The normalized spacial score (nSPS) is 11.1. The number of sulfonamides is 1. The monoisotopic (exact) mass is 408 g/mol. The van der Waals surface area contributed by atoms with Gasteiger partial charge in [0.2, 0.25) is 5.91 Å². The summed E-state index contributed by atoms with van der Waals surface area (Å²) in [4.78, 5) is 12.8. The Morgan fingerprint density at radius 1 is 0.862 bits per heavy atom. The van der Waals surface area contributed by atoms with Gasteiger partial charge in [-0.15, -0.1) is 0 Å². The smallest absolute Gasteiger partial charge is 0.264 e. The van der Waals surface area contributed by atoms with Crippen LogP contribution in [0.2, 0.25) is 0 Å². The van der Waals surface area contributed by atoms with Gasteiger partial charge in [-0.05, 0) is 35.7 Å². The van der Waals surface area contributed by atoms with E-state index in [9.17, 15) is 13.2 Å². The highest BCUT2D eigenvalue weighted by Crippen LogP contribution is 2.27. The Bertz CT molecular complexity index is 1050. The molecular weight excluding hydrogens is 384 g/mol. The number of aryl methyl sites for hydroxylation is 1. The third kappa shape index (κ3) is 5.03. The fraction of sp³-hybridized carbons (Fsp3) is 0.174. The second-order valence-electron chi connectivity index (χ2n) is 6.57. The molecule has 0 aliphatic heterocycles. The molecule has 29 heavy (non-hydrogen) atoms. The zero-order valence-corrected chi connectivity index (χ0v) is 17.1. The van der Waals surface area contributed by atoms with Gasteiger partial charge in [0.1, 0.15) is 6.54 Å². The molecule has 0 aromatic heterocycles. The third-order valence-corrected chi connectivity index (χ3v) is 6.37. The molecule has 0 saturated carbocycles. The molecule has 5 nitrogen and oxygen atoms in total. The first-order chi connectivity index (χ1) is 14.0. The molecule has 0 aliphatic rings. The number of hydrogen-bond donors (Lipinski definition) is 1. The average Bonchev–Trinajstić information content (AvgIpc) is 2.77. The maximum absolute atomic E-state index is 13.4. The maximum atomic E-state index is 13.4. The first-order valence-corrected chi connectivity index (χ1v) is 10.9. The molecule has 0 bridgehead atoms. The molecule has 3 aromatic rings. The van der Waals surface area contributed by atoms with E-state index in [4.69, 9.17) is 0 Å². The number of carbonyl (C=O) groups excluding carboxylic acids is 1. The quantitative estimate of drug-likeness (QED) is 0.617. The standard InChI is InChI=1S/C23H24N2O3S/c1-2-20-13-9-10-16-22(20)25(29(27,28)21-14-7-4-8-15-21)18-23(26)24-17-19-11-5-3-6-12-19/h3-16H,2,17-18H2,1H3,(H,24,26). The van der Waals surface area contributed by atoms with E-state index in [0.717, 1.165) is 11.1 Å².